The molecule has 1 aromatic rings. The molecule has 0 saturated heterocycles. The number of thioether (sulfide) groups is 1. The van der Waals surface area contributed by atoms with E-state index < -0.39 is 17.4 Å². The molecular weight excluding hydrogens is 340 g/mol. The van der Waals surface area contributed by atoms with Crippen molar-refractivity contribution in [3.8, 4) is 5.75 Å². The van der Waals surface area contributed by atoms with Crippen molar-refractivity contribution in [1.29, 1.82) is 0 Å². The van der Waals surface area contributed by atoms with Gasteiger partial charge in [0.15, 0.2) is 0 Å². The standard InChI is InChI=1S/C15H21ClN2O4S/c1-15(21,6-7-23-3)9-17-13(19)14(20)18-11-8-10(16)4-5-12(11)22-2/h4-5,8,21H,6-7,9H2,1-3H3,(H,17,19)(H,18,20)/t15-/m1/s1. The first-order chi connectivity index (χ1) is 10.8. The molecule has 0 aromatic heterocycles. The van der Waals surface area contributed by atoms with Gasteiger partial charge in [-0.05, 0) is 43.6 Å². The van der Waals surface area contributed by atoms with Crippen LogP contribution in [0.1, 0.15) is 13.3 Å². The summed E-state index contributed by atoms with van der Waals surface area (Å²) in [5.41, 5.74) is -0.763. The molecule has 8 heteroatoms. The number of amides is 2. The van der Waals surface area contributed by atoms with Gasteiger partial charge in [-0.2, -0.15) is 11.8 Å². The van der Waals surface area contributed by atoms with Crippen LogP contribution in [0.25, 0.3) is 0 Å². The average molecular weight is 361 g/mol. The van der Waals surface area contributed by atoms with E-state index in [1.165, 1.54) is 13.2 Å². The molecule has 0 aliphatic rings. The van der Waals surface area contributed by atoms with Gasteiger partial charge in [-0.25, -0.2) is 0 Å². The highest BCUT2D eigenvalue weighted by molar-refractivity contribution is 7.98. The topological polar surface area (TPSA) is 87.7 Å². The first-order valence-electron chi connectivity index (χ1n) is 6.93. The van der Waals surface area contributed by atoms with Crippen LogP contribution in [-0.4, -0.2) is 48.2 Å². The number of hydrogen-bond donors (Lipinski definition) is 3. The van der Waals surface area contributed by atoms with Gasteiger partial charge in [0.1, 0.15) is 5.75 Å². The third kappa shape index (κ3) is 6.68. The Kier molecular flexibility index (Phi) is 7.67. The van der Waals surface area contributed by atoms with Gasteiger partial charge in [0.05, 0.1) is 18.4 Å². The normalized spacial score (nSPS) is 13.1. The highest BCUT2D eigenvalue weighted by atomic mass is 35.5. The Labute approximate surface area is 144 Å². The number of carbonyl (C=O) groups is 2. The lowest BCUT2D eigenvalue weighted by Crippen LogP contribution is -2.44. The van der Waals surface area contributed by atoms with Crippen molar-refractivity contribution in [3.63, 3.8) is 0 Å². The summed E-state index contributed by atoms with van der Waals surface area (Å²) in [7, 11) is 1.45. The van der Waals surface area contributed by atoms with E-state index in [1.807, 2.05) is 6.26 Å². The monoisotopic (exact) mass is 360 g/mol. The van der Waals surface area contributed by atoms with E-state index >= 15 is 0 Å². The van der Waals surface area contributed by atoms with Crippen LogP contribution in [0.2, 0.25) is 5.02 Å². The van der Waals surface area contributed by atoms with E-state index in [0.29, 0.717) is 22.9 Å². The number of rotatable bonds is 7. The molecule has 0 aliphatic heterocycles. The molecular formula is C15H21ClN2O4S. The van der Waals surface area contributed by atoms with Crippen molar-refractivity contribution in [2.75, 3.05) is 31.0 Å². The molecule has 6 nitrogen and oxygen atoms in total. The second-order valence-electron chi connectivity index (χ2n) is 5.22. The molecule has 1 atom stereocenters. The predicted octanol–water partition coefficient (Wildman–Crippen LogP) is 1.91. The average Bonchev–Trinajstić information content (AvgIpc) is 2.51. The first-order valence-corrected chi connectivity index (χ1v) is 8.70. The van der Waals surface area contributed by atoms with Crippen molar-refractivity contribution in [1.82, 2.24) is 5.32 Å². The number of hydrogen-bond acceptors (Lipinski definition) is 5. The summed E-state index contributed by atoms with van der Waals surface area (Å²) in [6, 6.07) is 4.68. The van der Waals surface area contributed by atoms with Crippen LogP contribution in [0.5, 0.6) is 5.75 Å². The van der Waals surface area contributed by atoms with Crippen LogP contribution >= 0.6 is 23.4 Å². The highest BCUT2D eigenvalue weighted by Gasteiger charge is 2.23. The van der Waals surface area contributed by atoms with Crippen LogP contribution in [0.15, 0.2) is 18.2 Å². The second-order valence-corrected chi connectivity index (χ2v) is 6.64. The van der Waals surface area contributed by atoms with E-state index in [0.717, 1.165) is 5.75 Å². The van der Waals surface area contributed by atoms with Crippen molar-refractivity contribution in [2.24, 2.45) is 0 Å². The lowest BCUT2D eigenvalue weighted by atomic mass is 10.0. The number of halogens is 1. The Bertz CT molecular complexity index is 566. The molecule has 2 amide bonds. The molecule has 0 aliphatic carbocycles. The minimum atomic E-state index is -1.06. The van der Waals surface area contributed by atoms with Gasteiger partial charge in [0, 0.05) is 11.6 Å². The molecule has 3 N–H and O–H groups in total. The molecule has 0 radical (unpaired) electrons. The smallest absolute Gasteiger partial charge is 0.313 e. The molecule has 0 heterocycles. The van der Waals surface area contributed by atoms with Gasteiger partial charge in [0.2, 0.25) is 0 Å². The van der Waals surface area contributed by atoms with Crippen molar-refractivity contribution in [2.45, 2.75) is 18.9 Å². The summed E-state index contributed by atoms with van der Waals surface area (Å²) in [5, 5.41) is 15.3. The van der Waals surface area contributed by atoms with Crippen LogP contribution in [0, 0.1) is 0 Å². The summed E-state index contributed by atoms with van der Waals surface area (Å²) in [6.07, 6.45) is 2.44. The third-order valence-electron chi connectivity index (χ3n) is 3.09. The van der Waals surface area contributed by atoms with E-state index in [4.69, 9.17) is 16.3 Å². The van der Waals surface area contributed by atoms with E-state index in [1.54, 1.807) is 30.8 Å². The van der Waals surface area contributed by atoms with Gasteiger partial charge >= 0.3 is 11.8 Å². The van der Waals surface area contributed by atoms with Crippen LogP contribution < -0.4 is 15.4 Å². The zero-order valence-electron chi connectivity index (χ0n) is 13.3. The number of carbonyl (C=O) groups excluding carboxylic acids is 2. The van der Waals surface area contributed by atoms with E-state index in [2.05, 4.69) is 10.6 Å². The van der Waals surface area contributed by atoms with Gasteiger partial charge in [-0.15, -0.1) is 0 Å². The molecule has 0 saturated carbocycles. The largest absolute Gasteiger partial charge is 0.495 e. The summed E-state index contributed by atoms with van der Waals surface area (Å²) < 4.78 is 5.09. The molecule has 0 unspecified atom stereocenters. The molecule has 0 fully saturated rings. The quantitative estimate of drug-likeness (QED) is 0.646. The first kappa shape index (κ1) is 19.6. The Morgan fingerprint density at radius 2 is 2.09 bits per heavy atom. The maximum absolute atomic E-state index is 11.9. The number of aliphatic hydroxyl groups is 1. The van der Waals surface area contributed by atoms with Crippen LogP contribution in [-0.2, 0) is 9.59 Å². The minimum absolute atomic E-state index is 0.00745. The van der Waals surface area contributed by atoms with Gasteiger partial charge in [-0.1, -0.05) is 11.6 Å². The van der Waals surface area contributed by atoms with E-state index in [-0.39, 0.29) is 6.54 Å². The fourth-order valence-electron chi connectivity index (χ4n) is 1.72. The zero-order valence-corrected chi connectivity index (χ0v) is 14.9. The summed E-state index contributed by atoms with van der Waals surface area (Å²) in [5.74, 6) is -0.542. The number of anilines is 1. The SMILES string of the molecule is COc1ccc(Cl)cc1NC(=O)C(=O)NC[C@](C)(O)CCSC. The maximum Gasteiger partial charge on any atom is 0.313 e. The second kappa shape index (κ2) is 9.00. The molecule has 1 rings (SSSR count). The van der Waals surface area contributed by atoms with Crippen LogP contribution in [0.3, 0.4) is 0 Å². The van der Waals surface area contributed by atoms with Crippen molar-refractivity contribution < 1.29 is 19.4 Å². The fourth-order valence-corrected chi connectivity index (χ4v) is 2.53. The van der Waals surface area contributed by atoms with Crippen molar-refractivity contribution in [3.05, 3.63) is 23.2 Å². The summed E-state index contributed by atoms with van der Waals surface area (Å²) in [6.45, 7) is 1.61. The third-order valence-corrected chi connectivity index (χ3v) is 3.94. The molecule has 0 spiro atoms. The van der Waals surface area contributed by atoms with Crippen LogP contribution in [0.4, 0.5) is 5.69 Å². The fraction of sp³-hybridized carbons (Fsp3) is 0.467. The lowest BCUT2D eigenvalue weighted by Gasteiger charge is -2.23. The minimum Gasteiger partial charge on any atom is -0.495 e. The number of ether oxygens (including phenoxy) is 1. The predicted molar refractivity (Wildman–Crippen MR) is 93.3 cm³/mol. The Balaban J connectivity index is 2.61. The van der Waals surface area contributed by atoms with Gasteiger partial charge < -0.3 is 20.5 Å². The molecule has 1 aromatic carbocycles. The highest BCUT2D eigenvalue weighted by Crippen LogP contribution is 2.27. The molecule has 23 heavy (non-hydrogen) atoms. The van der Waals surface area contributed by atoms with Gasteiger partial charge in [0.25, 0.3) is 0 Å². The molecule has 128 valence electrons. The lowest BCUT2D eigenvalue weighted by molar-refractivity contribution is -0.136. The number of benzene rings is 1. The molecule has 0 bridgehead atoms. The Hall–Kier alpha value is -1.44. The Morgan fingerprint density at radius 3 is 2.70 bits per heavy atom. The summed E-state index contributed by atoms with van der Waals surface area (Å²) in [4.78, 5) is 23.8. The Morgan fingerprint density at radius 1 is 1.39 bits per heavy atom. The summed E-state index contributed by atoms with van der Waals surface area (Å²) >= 11 is 7.46. The van der Waals surface area contributed by atoms with Crippen molar-refractivity contribution >= 4 is 40.9 Å². The van der Waals surface area contributed by atoms with Gasteiger partial charge in [-0.3, -0.25) is 9.59 Å². The maximum atomic E-state index is 11.9. The number of methoxy groups -OCH3 is 1. The number of nitrogens with one attached hydrogen (secondary N) is 2. The zero-order chi connectivity index (χ0) is 17.5. The van der Waals surface area contributed by atoms with E-state index in [9.17, 15) is 14.7 Å².